The lowest BCUT2D eigenvalue weighted by atomic mass is 10.0. The monoisotopic (exact) mass is 387 g/mol. The average Bonchev–Trinajstić information content (AvgIpc) is 3.07. The number of carbonyl (C=O) groups excluding carboxylic acids is 2. The molecule has 1 aromatic heterocycles. The third-order valence-electron chi connectivity index (χ3n) is 6.25. The Kier molecular flexibility index (Phi) is 7.02. The van der Waals surface area contributed by atoms with E-state index < -0.39 is 0 Å². The number of nitrogens with zero attached hydrogens (tertiary/aromatic N) is 4. The first-order valence-corrected chi connectivity index (χ1v) is 10.5. The molecular weight excluding hydrogens is 354 g/mol. The van der Waals surface area contributed by atoms with Gasteiger partial charge in [-0.25, -0.2) is 0 Å². The van der Waals surface area contributed by atoms with Crippen molar-refractivity contribution in [1.29, 1.82) is 0 Å². The Morgan fingerprint density at radius 2 is 2.11 bits per heavy atom. The fourth-order valence-electron chi connectivity index (χ4n) is 4.55. The first kappa shape index (κ1) is 20.7. The Hall–Kier alpha value is -1.99. The second-order valence-corrected chi connectivity index (χ2v) is 7.76. The van der Waals surface area contributed by atoms with Gasteiger partial charge < -0.3 is 10.2 Å². The van der Waals surface area contributed by atoms with Gasteiger partial charge in [0.2, 0.25) is 11.8 Å². The van der Waals surface area contributed by atoms with Crippen LogP contribution in [-0.4, -0.2) is 82.9 Å². The van der Waals surface area contributed by atoms with Gasteiger partial charge in [0.15, 0.2) is 0 Å². The van der Waals surface area contributed by atoms with Gasteiger partial charge in [-0.05, 0) is 45.9 Å². The number of amides is 2. The summed E-state index contributed by atoms with van der Waals surface area (Å²) in [6, 6.07) is 6.11. The molecule has 1 N–H and O–H groups in total. The number of likely N-dealkylation sites (tertiary alicyclic amines) is 1. The maximum absolute atomic E-state index is 12.9. The number of likely N-dealkylation sites (N-methyl/N-ethyl adjacent to an activating group) is 1. The quantitative estimate of drug-likeness (QED) is 0.759. The lowest BCUT2D eigenvalue weighted by Crippen LogP contribution is -2.49. The van der Waals surface area contributed by atoms with Crippen LogP contribution in [0.1, 0.15) is 38.8 Å². The molecule has 2 amide bonds. The molecule has 1 aromatic rings. The van der Waals surface area contributed by atoms with Crippen molar-refractivity contribution >= 4 is 11.8 Å². The molecule has 2 saturated heterocycles. The summed E-state index contributed by atoms with van der Waals surface area (Å²) in [5.74, 6) is 0.302. The SMILES string of the molecule is CCN(CC)C(=O)CC[C@H]1CNC(=O)[C@@H]2[C@@H](CCN2Cc2ccccn2)N1C. The van der Waals surface area contributed by atoms with Crippen LogP contribution in [0.3, 0.4) is 0 Å². The molecule has 28 heavy (non-hydrogen) atoms. The van der Waals surface area contributed by atoms with Crippen LogP contribution in [0.5, 0.6) is 0 Å². The molecule has 0 saturated carbocycles. The Labute approximate surface area is 168 Å². The van der Waals surface area contributed by atoms with E-state index in [1.165, 1.54) is 0 Å². The summed E-state index contributed by atoms with van der Waals surface area (Å²) in [6.07, 6.45) is 4.06. The fraction of sp³-hybridized carbons (Fsp3) is 0.667. The molecule has 0 bridgehead atoms. The Bertz CT molecular complexity index is 664. The first-order valence-electron chi connectivity index (χ1n) is 10.5. The van der Waals surface area contributed by atoms with Crippen LogP contribution in [0, 0.1) is 0 Å². The minimum absolute atomic E-state index is 0.0999. The number of nitrogens with one attached hydrogen (secondary N) is 1. The van der Waals surface area contributed by atoms with Crippen LogP contribution >= 0.6 is 0 Å². The summed E-state index contributed by atoms with van der Waals surface area (Å²) < 4.78 is 0. The van der Waals surface area contributed by atoms with Crippen LogP contribution in [0.4, 0.5) is 0 Å². The maximum atomic E-state index is 12.9. The normalized spacial score (nSPS) is 25.8. The van der Waals surface area contributed by atoms with Crippen molar-refractivity contribution in [2.75, 3.05) is 33.2 Å². The molecule has 3 atom stereocenters. The molecule has 7 heteroatoms. The maximum Gasteiger partial charge on any atom is 0.239 e. The highest BCUT2D eigenvalue weighted by Crippen LogP contribution is 2.28. The van der Waals surface area contributed by atoms with E-state index in [4.69, 9.17) is 0 Å². The van der Waals surface area contributed by atoms with Crippen molar-refractivity contribution in [3.05, 3.63) is 30.1 Å². The Balaban J connectivity index is 1.64. The molecule has 0 aromatic carbocycles. The van der Waals surface area contributed by atoms with E-state index in [0.717, 1.165) is 38.2 Å². The zero-order valence-corrected chi connectivity index (χ0v) is 17.3. The van der Waals surface area contributed by atoms with Crippen LogP contribution in [0.25, 0.3) is 0 Å². The van der Waals surface area contributed by atoms with Crippen molar-refractivity contribution < 1.29 is 9.59 Å². The largest absolute Gasteiger partial charge is 0.353 e. The molecule has 3 rings (SSSR count). The highest BCUT2D eigenvalue weighted by Gasteiger charge is 2.45. The highest BCUT2D eigenvalue weighted by molar-refractivity contribution is 5.83. The highest BCUT2D eigenvalue weighted by atomic mass is 16.2. The van der Waals surface area contributed by atoms with Crippen molar-refractivity contribution in [1.82, 2.24) is 25.0 Å². The zero-order chi connectivity index (χ0) is 20.1. The van der Waals surface area contributed by atoms with Crippen molar-refractivity contribution in [2.24, 2.45) is 0 Å². The van der Waals surface area contributed by atoms with Crippen LogP contribution in [-0.2, 0) is 16.1 Å². The number of rotatable bonds is 7. The molecule has 3 heterocycles. The number of hydrogen-bond donors (Lipinski definition) is 1. The van der Waals surface area contributed by atoms with Gasteiger partial charge in [-0.3, -0.25) is 24.4 Å². The molecule has 2 aliphatic rings. The van der Waals surface area contributed by atoms with E-state index in [0.29, 0.717) is 19.5 Å². The number of fused-ring (bicyclic) bond motifs is 1. The molecule has 7 nitrogen and oxygen atoms in total. The molecule has 0 unspecified atom stereocenters. The van der Waals surface area contributed by atoms with E-state index in [1.54, 1.807) is 6.20 Å². The van der Waals surface area contributed by atoms with E-state index in [1.807, 2.05) is 36.9 Å². The molecular formula is C21H33N5O2. The minimum Gasteiger partial charge on any atom is -0.353 e. The zero-order valence-electron chi connectivity index (χ0n) is 17.3. The smallest absolute Gasteiger partial charge is 0.239 e. The molecule has 2 fully saturated rings. The third-order valence-corrected chi connectivity index (χ3v) is 6.25. The van der Waals surface area contributed by atoms with Gasteiger partial charge >= 0.3 is 0 Å². The Morgan fingerprint density at radius 1 is 1.32 bits per heavy atom. The van der Waals surface area contributed by atoms with E-state index in [9.17, 15) is 9.59 Å². The van der Waals surface area contributed by atoms with E-state index in [2.05, 4.69) is 27.1 Å². The minimum atomic E-state index is -0.157. The Morgan fingerprint density at radius 3 is 2.79 bits per heavy atom. The lowest BCUT2D eigenvalue weighted by molar-refractivity contribution is -0.131. The van der Waals surface area contributed by atoms with Crippen molar-refractivity contribution in [2.45, 2.75) is 57.8 Å². The third kappa shape index (κ3) is 4.52. The molecule has 0 aliphatic carbocycles. The summed E-state index contributed by atoms with van der Waals surface area (Å²) >= 11 is 0. The van der Waals surface area contributed by atoms with Gasteiger partial charge in [-0.1, -0.05) is 6.07 Å². The number of pyridine rings is 1. The standard InChI is InChI=1S/C21H33N5O2/c1-4-25(5-2)19(27)10-9-17-14-23-21(28)20-18(24(17)3)11-13-26(20)15-16-8-6-7-12-22-16/h6-8,12,17-18,20H,4-5,9-11,13-15H2,1-3H3,(H,23,28)/t17-,18+,20-/m0/s1. The van der Waals surface area contributed by atoms with Crippen molar-refractivity contribution in [3.8, 4) is 0 Å². The second-order valence-electron chi connectivity index (χ2n) is 7.76. The van der Waals surface area contributed by atoms with Crippen LogP contribution in [0.15, 0.2) is 24.4 Å². The van der Waals surface area contributed by atoms with Gasteiger partial charge in [0.05, 0.1) is 5.69 Å². The summed E-state index contributed by atoms with van der Waals surface area (Å²) in [6.45, 7) is 7.70. The topological polar surface area (TPSA) is 68.8 Å². The molecule has 0 spiro atoms. The second kappa shape index (κ2) is 9.47. The summed E-state index contributed by atoms with van der Waals surface area (Å²) in [5.41, 5.74) is 0.990. The predicted octanol–water partition coefficient (Wildman–Crippen LogP) is 1.10. The number of aromatic nitrogens is 1. The van der Waals surface area contributed by atoms with E-state index >= 15 is 0 Å². The molecule has 154 valence electrons. The number of carbonyl (C=O) groups is 2. The van der Waals surface area contributed by atoms with Crippen LogP contribution in [0.2, 0.25) is 0 Å². The molecule has 2 aliphatic heterocycles. The van der Waals surface area contributed by atoms with Gasteiger partial charge in [-0.2, -0.15) is 0 Å². The molecule has 0 radical (unpaired) electrons. The summed E-state index contributed by atoms with van der Waals surface area (Å²) in [5, 5.41) is 3.13. The van der Waals surface area contributed by atoms with E-state index in [-0.39, 0.29) is 29.9 Å². The van der Waals surface area contributed by atoms with Gasteiger partial charge in [0.1, 0.15) is 6.04 Å². The average molecular weight is 388 g/mol. The predicted molar refractivity (Wildman–Crippen MR) is 109 cm³/mol. The summed E-state index contributed by atoms with van der Waals surface area (Å²) in [7, 11) is 2.11. The van der Waals surface area contributed by atoms with Crippen LogP contribution < -0.4 is 5.32 Å². The fourth-order valence-corrected chi connectivity index (χ4v) is 4.55. The first-order chi connectivity index (χ1) is 13.5. The van der Waals surface area contributed by atoms with Crippen molar-refractivity contribution in [3.63, 3.8) is 0 Å². The van der Waals surface area contributed by atoms with Gasteiger partial charge in [0.25, 0.3) is 0 Å². The number of hydrogen-bond acceptors (Lipinski definition) is 5. The summed E-state index contributed by atoms with van der Waals surface area (Å²) in [4.78, 5) is 36.1. The van der Waals surface area contributed by atoms with Gasteiger partial charge in [0, 0.05) is 57.4 Å². The lowest BCUT2D eigenvalue weighted by Gasteiger charge is -2.33. The van der Waals surface area contributed by atoms with Gasteiger partial charge in [-0.15, -0.1) is 0 Å².